The van der Waals surface area contributed by atoms with Crippen LogP contribution in [-0.2, 0) is 0 Å². The minimum Gasteiger partial charge on any atom is -0.245 e. The highest BCUT2D eigenvalue weighted by Gasteiger charge is 2.20. The largest absolute Gasteiger partial charge is 0.245 e. The molecule has 2 heterocycles. The molecule has 258 valence electrons. The highest BCUT2D eigenvalue weighted by molar-refractivity contribution is 6.13. The summed E-state index contributed by atoms with van der Waals surface area (Å²) in [7, 11) is 0. The van der Waals surface area contributed by atoms with Gasteiger partial charge in [0.2, 0.25) is 0 Å². The second-order valence-corrected chi connectivity index (χ2v) is 14.4. The number of fused-ring (bicyclic) bond motifs is 3. The first-order valence-corrected chi connectivity index (χ1v) is 18.7. The van der Waals surface area contributed by atoms with Gasteiger partial charge < -0.3 is 0 Å². The lowest BCUT2D eigenvalue weighted by Gasteiger charge is -2.18. The molecule has 0 saturated heterocycles. The van der Waals surface area contributed by atoms with Crippen molar-refractivity contribution < 1.29 is 0 Å². The summed E-state index contributed by atoms with van der Waals surface area (Å²) < 4.78 is 0. The van der Waals surface area contributed by atoms with Gasteiger partial charge in [-0.3, -0.25) is 0 Å². The van der Waals surface area contributed by atoms with Crippen molar-refractivity contribution in [2.45, 2.75) is 27.7 Å². The Balaban J connectivity index is 1.37. The minimum atomic E-state index is 0.900. The number of rotatable bonds is 6. The molecule has 0 aliphatic rings. The Bertz CT molecular complexity index is 2630. The first-order chi connectivity index (χ1) is 26.4. The fourth-order valence-corrected chi connectivity index (χ4v) is 8.08. The van der Waals surface area contributed by atoms with Crippen LogP contribution in [0.25, 0.3) is 88.8 Å². The number of pyridine rings is 2. The van der Waals surface area contributed by atoms with Gasteiger partial charge in [0.15, 0.2) is 0 Å². The van der Waals surface area contributed by atoms with Crippen molar-refractivity contribution in [2.24, 2.45) is 0 Å². The molecule has 0 N–H and O–H groups in total. The average Bonchev–Trinajstić information content (AvgIpc) is 3.21. The fourth-order valence-electron chi connectivity index (χ4n) is 8.08. The number of aromatic nitrogens is 2. The van der Waals surface area contributed by atoms with Gasteiger partial charge in [0, 0.05) is 21.9 Å². The Hall–Kier alpha value is -6.64. The van der Waals surface area contributed by atoms with E-state index >= 15 is 0 Å². The maximum absolute atomic E-state index is 5.59. The Morgan fingerprint density at radius 1 is 0.278 bits per heavy atom. The first kappa shape index (κ1) is 33.2. The zero-order valence-corrected chi connectivity index (χ0v) is 31.1. The molecule has 0 aliphatic carbocycles. The van der Waals surface area contributed by atoms with Crippen LogP contribution in [0.2, 0.25) is 0 Å². The van der Waals surface area contributed by atoms with Gasteiger partial charge in [0.25, 0.3) is 0 Å². The molecule has 0 fully saturated rings. The lowest BCUT2D eigenvalue weighted by atomic mass is 9.90. The summed E-state index contributed by atoms with van der Waals surface area (Å²) >= 11 is 0. The van der Waals surface area contributed by atoms with E-state index in [1.54, 1.807) is 0 Å². The Morgan fingerprint density at radius 3 is 0.907 bits per heavy atom. The van der Waals surface area contributed by atoms with Crippen molar-refractivity contribution in [3.63, 3.8) is 0 Å². The van der Waals surface area contributed by atoms with Gasteiger partial charge in [-0.15, -0.1) is 0 Å². The monoisotopic (exact) mass is 692 g/mol. The molecular weight excluding hydrogens is 653 g/mol. The van der Waals surface area contributed by atoms with Crippen LogP contribution in [0.3, 0.4) is 0 Å². The van der Waals surface area contributed by atoms with Gasteiger partial charge in [-0.05, 0) is 119 Å². The molecule has 0 spiro atoms. The van der Waals surface area contributed by atoms with Crippen LogP contribution in [0, 0.1) is 27.7 Å². The Morgan fingerprint density at radius 2 is 0.574 bits per heavy atom. The van der Waals surface area contributed by atoms with E-state index in [1.165, 1.54) is 44.5 Å². The van der Waals surface area contributed by atoms with Crippen molar-refractivity contribution in [3.8, 4) is 67.0 Å². The lowest BCUT2D eigenvalue weighted by Crippen LogP contribution is -1.98. The van der Waals surface area contributed by atoms with E-state index in [4.69, 9.17) is 9.97 Å². The minimum absolute atomic E-state index is 0.900. The van der Waals surface area contributed by atoms with Crippen molar-refractivity contribution in [2.75, 3.05) is 0 Å². The van der Waals surface area contributed by atoms with Crippen LogP contribution >= 0.6 is 0 Å². The zero-order chi connectivity index (χ0) is 36.8. The van der Waals surface area contributed by atoms with Crippen LogP contribution < -0.4 is 0 Å². The number of aryl methyl sites for hydroxylation is 4. The summed E-state index contributed by atoms with van der Waals surface area (Å²) in [6, 6.07) is 61.0. The quantitative estimate of drug-likeness (QED) is 0.162. The average molecular weight is 693 g/mol. The van der Waals surface area contributed by atoms with Gasteiger partial charge in [0.1, 0.15) is 0 Å². The van der Waals surface area contributed by atoms with Gasteiger partial charge in [0.05, 0.1) is 22.4 Å². The molecule has 0 saturated carbocycles. The predicted molar refractivity (Wildman–Crippen MR) is 229 cm³/mol. The van der Waals surface area contributed by atoms with Crippen molar-refractivity contribution >= 4 is 21.8 Å². The van der Waals surface area contributed by atoms with Gasteiger partial charge >= 0.3 is 0 Å². The summed E-state index contributed by atoms with van der Waals surface area (Å²) in [4.78, 5) is 11.2. The highest BCUT2D eigenvalue weighted by Crippen LogP contribution is 2.42. The molecule has 0 unspecified atom stereocenters. The van der Waals surface area contributed by atoms with Crippen molar-refractivity contribution in [1.82, 2.24) is 9.97 Å². The molecule has 9 aromatic rings. The second-order valence-electron chi connectivity index (χ2n) is 14.4. The van der Waals surface area contributed by atoms with E-state index in [2.05, 4.69) is 198 Å². The summed E-state index contributed by atoms with van der Waals surface area (Å²) in [5.74, 6) is 0. The maximum Gasteiger partial charge on any atom is 0.0978 e. The summed E-state index contributed by atoms with van der Waals surface area (Å²) in [6.07, 6.45) is 0. The molecule has 9 rings (SSSR count). The number of hydrogen-bond acceptors (Lipinski definition) is 2. The second kappa shape index (κ2) is 13.7. The van der Waals surface area contributed by atoms with Crippen LogP contribution in [0.4, 0.5) is 0 Å². The smallest absolute Gasteiger partial charge is 0.0978 e. The molecule has 0 aliphatic heterocycles. The molecule has 2 nitrogen and oxygen atoms in total. The Labute approximate surface area is 317 Å². The zero-order valence-electron chi connectivity index (χ0n) is 31.1. The van der Waals surface area contributed by atoms with Crippen LogP contribution in [-0.4, -0.2) is 9.97 Å². The third-order valence-electron chi connectivity index (χ3n) is 10.8. The van der Waals surface area contributed by atoms with Crippen LogP contribution in [0.15, 0.2) is 170 Å². The van der Waals surface area contributed by atoms with Crippen LogP contribution in [0.1, 0.15) is 22.3 Å². The predicted octanol–water partition coefficient (Wildman–Crippen LogP) is 14.0. The lowest BCUT2D eigenvalue weighted by molar-refractivity contribution is 1.32. The molecule has 0 bridgehead atoms. The summed E-state index contributed by atoms with van der Waals surface area (Å²) in [6.45, 7) is 8.79. The van der Waals surface area contributed by atoms with E-state index in [0.29, 0.717) is 0 Å². The summed E-state index contributed by atoms with van der Waals surface area (Å²) in [5.41, 5.74) is 20.2. The highest BCUT2D eigenvalue weighted by atomic mass is 14.8. The molecule has 54 heavy (non-hydrogen) atoms. The first-order valence-electron chi connectivity index (χ1n) is 18.7. The summed E-state index contributed by atoms with van der Waals surface area (Å²) in [5, 5.41) is 2.17. The number of nitrogens with zero attached hydrogens (tertiary/aromatic N) is 2. The van der Waals surface area contributed by atoms with E-state index in [0.717, 1.165) is 66.6 Å². The standard InChI is InChI=1S/C52H40N2/c1-33-27-35(3)45(29-43(33)37-17-9-5-10-18-37)49-31-47(39-21-13-7-14-22-39)41-25-26-42-48(40-23-15-8-16-24-40)32-50(54-52(42)51(41)53-49)46-30-44(34(2)28-36(46)4)38-19-11-6-12-20-38/h5-32H,1-4H3. The third kappa shape index (κ3) is 5.96. The molecule has 7 aromatic carbocycles. The SMILES string of the molecule is Cc1cc(C)c(-c2cc(-c3ccccc3)c3ccc4c(-c5ccccc5)cc(-c5cc(-c6ccccc6)c(C)cc5C)nc4c3n2)cc1-c1ccccc1. The maximum atomic E-state index is 5.59. The number of benzene rings is 7. The van der Waals surface area contributed by atoms with Crippen molar-refractivity contribution in [1.29, 1.82) is 0 Å². The Kier molecular flexibility index (Phi) is 8.44. The van der Waals surface area contributed by atoms with Crippen LogP contribution in [0.5, 0.6) is 0 Å². The fraction of sp³-hybridized carbons (Fsp3) is 0.0769. The van der Waals surface area contributed by atoms with E-state index in [9.17, 15) is 0 Å². The molecule has 2 heteroatoms. The van der Waals surface area contributed by atoms with Crippen molar-refractivity contribution in [3.05, 3.63) is 192 Å². The molecular formula is C52H40N2. The van der Waals surface area contributed by atoms with E-state index in [1.807, 2.05) is 0 Å². The molecule has 0 atom stereocenters. The molecule has 0 amide bonds. The van der Waals surface area contributed by atoms with Gasteiger partial charge in [-0.25, -0.2) is 9.97 Å². The van der Waals surface area contributed by atoms with E-state index < -0.39 is 0 Å². The molecule has 0 radical (unpaired) electrons. The third-order valence-corrected chi connectivity index (χ3v) is 10.8. The normalized spacial score (nSPS) is 11.3. The van der Waals surface area contributed by atoms with Gasteiger partial charge in [-0.1, -0.05) is 146 Å². The topological polar surface area (TPSA) is 25.8 Å². The van der Waals surface area contributed by atoms with Gasteiger partial charge in [-0.2, -0.15) is 0 Å². The van der Waals surface area contributed by atoms with E-state index in [-0.39, 0.29) is 0 Å². The number of hydrogen-bond donors (Lipinski definition) is 0. The molecule has 2 aromatic heterocycles.